The predicted molar refractivity (Wildman–Crippen MR) is 69.7 cm³/mol. The van der Waals surface area contributed by atoms with Gasteiger partial charge in [-0.2, -0.15) is 0 Å². The van der Waals surface area contributed by atoms with Crippen molar-refractivity contribution in [3.8, 4) is 5.75 Å². The first-order chi connectivity index (χ1) is 7.70. The minimum Gasteiger partial charge on any atom is -0.494 e. The molecule has 1 heterocycles. The molecule has 16 heavy (non-hydrogen) atoms. The van der Waals surface area contributed by atoms with Crippen molar-refractivity contribution < 1.29 is 4.74 Å². The number of benzene rings is 1. The van der Waals surface area contributed by atoms with E-state index in [2.05, 4.69) is 24.9 Å². The Morgan fingerprint density at radius 2 is 2.12 bits per heavy atom. The topological polar surface area (TPSA) is 25.0 Å². The molecule has 2 rings (SSSR count). The Kier molecular flexibility index (Phi) is 3.25. The number of rotatable bonds is 3. The van der Waals surface area contributed by atoms with E-state index in [0.29, 0.717) is 0 Å². The SMILES string of the molecule is CCCOc1ccc2[nH]c(=S)cc(C)c2c1. The van der Waals surface area contributed by atoms with Crippen LogP contribution in [0.4, 0.5) is 0 Å². The molecule has 0 fully saturated rings. The molecule has 0 bridgehead atoms. The average molecular weight is 233 g/mol. The lowest BCUT2D eigenvalue weighted by Gasteiger charge is -2.07. The van der Waals surface area contributed by atoms with Crippen molar-refractivity contribution in [2.75, 3.05) is 6.61 Å². The summed E-state index contributed by atoms with van der Waals surface area (Å²) in [6, 6.07) is 8.03. The molecule has 1 aromatic heterocycles. The summed E-state index contributed by atoms with van der Waals surface area (Å²) >= 11 is 5.14. The first kappa shape index (κ1) is 11.1. The van der Waals surface area contributed by atoms with Crippen LogP contribution < -0.4 is 4.74 Å². The Labute approximate surface area is 100 Å². The number of aromatic nitrogens is 1. The molecule has 0 aliphatic heterocycles. The maximum Gasteiger partial charge on any atom is 0.120 e. The van der Waals surface area contributed by atoms with Crippen LogP contribution in [0.2, 0.25) is 0 Å². The van der Waals surface area contributed by atoms with E-state index >= 15 is 0 Å². The van der Waals surface area contributed by atoms with Crippen LogP contribution in [0.3, 0.4) is 0 Å². The van der Waals surface area contributed by atoms with Crippen LogP contribution in [-0.4, -0.2) is 11.6 Å². The van der Waals surface area contributed by atoms with E-state index in [9.17, 15) is 0 Å². The smallest absolute Gasteiger partial charge is 0.120 e. The number of aromatic amines is 1. The zero-order valence-electron chi connectivity index (χ0n) is 9.54. The first-order valence-electron chi connectivity index (χ1n) is 5.47. The van der Waals surface area contributed by atoms with Gasteiger partial charge in [-0.05, 0) is 43.2 Å². The Balaban J connectivity index is 2.49. The summed E-state index contributed by atoms with van der Waals surface area (Å²) in [5, 5.41) is 1.17. The van der Waals surface area contributed by atoms with Gasteiger partial charge in [0.15, 0.2) is 0 Å². The highest BCUT2D eigenvalue weighted by molar-refractivity contribution is 7.71. The van der Waals surface area contributed by atoms with Crippen LogP contribution in [0.5, 0.6) is 5.75 Å². The van der Waals surface area contributed by atoms with Gasteiger partial charge in [0, 0.05) is 10.9 Å². The van der Waals surface area contributed by atoms with Gasteiger partial charge in [0.2, 0.25) is 0 Å². The van der Waals surface area contributed by atoms with E-state index in [-0.39, 0.29) is 0 Å². The van der Waals surface area contributed by atoms with Crippen molar-refractivity contribution in [1.29, 1.82) is 0 Å². The zero-order valence-corrected chi connectivity index (χ0v) is 10.4. The van der Waals surface area contributed by atoms with Crippen LogP contribution >= 0.6 is 12.2 Å². The average Bonchev–Trinajstić information content (AvgIpc) is 2.26. The fourth-order valence-corrected chi connectivity index (χ4v) is 2.00. The number of H-pyrrole nitrogens is 1. The molecule has 0 aliphatic carbocycles. The van der Waals surface area contributed by atoms with Gasteiger partial charge < -0.3 is 9.72 Å². The second kappa shape index (κ2) is 4.66. The summed E-state index contributed by atoms with van der Waals surface area (Å²) in [4.78, 5) is 3.17. The fourth-order valence-electron chi connectivity index (χ4n) is 1.71. The summed E-state index contributed by atoms with van der Waals surface area (Å²) in [6.07, 6.45) is 1.02. The Bertz CT molecular complexity index is 559. The molecule has 0 amide bonds. The maximum absolute atomic E-state index is 5.61. The summed E-state index contributed by atoms with van der Waals surface area (Å²) in [5.41, 5.74) is 2.24. The van der Waals surface area contributed by atoms with E-state index in [1.807, 2.05) is 18.2 Å². The second-order valence-corrected chi connectivity index (χ2v) is 4.31. The van der Waals surface area contributed by atoms with E-state index < -0.39 is 0 Å². The Hall–Kier alpha value is -1.35. The second-order valence-electron chi connectivity index (χ2n) is 3.87. The molecule has 0 spiro atoms. The van der Waals surface area contributed by atoms with Crippen molar-refractivity contribution in [3.05, 3.63) is 34.5 Å². The number of hydrogen-bond donors (Lipinski definition) is 1. The molecule has 0 saturated carbocycles. The summed E-state index contributed by atoms with van der Waals surface area (Å²) < 4.78 is 6.38. The molecule has 0 atom stereocenters. The van der Waals surface area contributed by atoms with Crippen LogP contribution in [0.1, 0.15) is 18.9 Å². The fraction of sp³-hybridized carbons (Fsp3) is 0.308. The van der Waals surface area contributed by atoms with Crippen LogP contribution in [0, 0.1) is 11.6 Å². The number of hydrogen-bond acceptors (Lipinski definition) is 2. The predicted octanol–water partition coefficient (Wildman–Crippen LogP) is 3.99. The number of aryl methyl sites for hydroxylation is 1. The normalized spacial score (nSPS) is 10.6. The lowest BCUT2D eigenvalue weighted by Crippen LogP contribution is -1.95. The highest BCUT2D eigenvalue weighted by Crippen LogP contribution is 2.22. The summed E-state index contributed by atoms with van der Waals surface area (Å²) in [7, 11) is 0. The van der Waals surface area contributed by atoms with Gasteiger partial charge in [-0.15, -0.1) is 0 Å². The van der Waals surface area contributed by atoms with Crippen molar-refractivity contribution in [2.24, 2.45) is 0 Å². The third kappa shape index (κ3) is 2.25. The minimum atomic E-state index is 0.757. The van der Waals surface area contributed by atoms with Crippen molar-refractivity contribution in [3.63, 3.8) is 0 Å². The molecule has 3 heteroatoms. The van der Waals surface area contributed by atoms with Crippen LogP contribution in [0.15, 0.2) is 24.3 Å². The van der Waals surface area contributed by atoms with E-state index in [1.165, 1.54) is 10.9 Å². The van der Waals surface area contributed by atoms with Gasteiger partial charge in [0.1, 0.15) is 10.4 Å². The van der Waals surface area contributed by atoms with Crippen molar-refractivity contribution in [2.45, 2.75) is 20.3 Å². The van der Waals surface area contributed by atoms with Gasteiger partial charge in [0.05, 0.1) is 6.61 Å². The van der Waals surface area contributed by atoms with Gasteiger partial charge >= 0.3 is 0 Å². The lowest BCUT2D eigenvalue weighted by atomic mass is 10.1. The standard InChI is InChI=1S/C13H15NOS/c1-3-6-15-10-4-5-12-11(8-10)9(2)7-13(16)14-12/h4-5,7-8H,3,6H2,1-2H3,(H,14,16). The van der Waals surface area contributed by atoms with Crippen LogP contribution in [0.25, 0.3) is 10.9 Å². The molecule has 1 aromatic carbocycles. The van der Waals surface area contributed by atoms with E-state index in [0.717, 1.165) is 28.9 Å². The molecule has 0 unspecified atom stereocenters. The summed E-state index contributed by atoms with van der Waals surface area (Å²) in [5.74, 6) is 0.919. The molecule has 2 aromatic rings. The number of fused-ring (bicyclic) bond motifs is 1. The number of ether oxygens (including phenoxy) is 1. The van der Waals surface area contributed by atoms with Gasteiger partial charge in [0.25, 0.3) is 0 Å². The largest absolute Gasteiger partial charge is 0.494 e. The van der Waals surface area contributed by atoms with E-state index in [1.54, 1.807) is 0 Å². The molecular formula is C13H15NOS. The highest BCUT2D eigenvalue weighted by atomic mass is 32.1. The molecule has 0 radical (unpaired) electrons. The van der Waals surface area contributed by atoms with E-state index in [4.69, 9.17) is 17.0 Å². The first-order valence-corrected chi connectivity index (χ1v) is 5.88. The van der Waals surface area contributed by atoms with Crippen molar-refractivity contribution in [1.82, 2.24) is 4.98 Å². The number of nitrogens with one attached hydrogen (secondary N) is 1. The maximum atomic E-state index is 5.61. The Morgan fingerprint density at radius 1 is 1.31 bits per heavy atom. The third-order valence-corrected chi connectivity index (χ3v) is 2.71. The van der Waals surface area contributed by atoms with Gasteiger partial charge in [-0.3, -0.25) is 0 Å². The molecule has 0 aliphatic rings. The lowest BCUT2D eigenvalue weighted by molar-refractivity contribution is 0.318. The monoisotopic (exact) mass is 233 g/mol. The molecular weight excluding hydrogens is 218 g/mol. The zero-order chi connectivity index (χ0) is 11.5. The molecule has 84 valence electrons. The quantitative estimate of drug-likeness (QED) is 0.811. The Morgan fingerprint density at radius 3 is 2.88 bits per heavy atom. The highest BCUT2D eigenvalue weighted by Gasteiger charge is 2.00. The third-order valence-electron chi connectivity index (χ3n) is 2.49. The number of pyridine rings is 1. The van der Waals surface area contributed by atoms with Gasteiger partial charge in [-0.1, -0.05) is 19.1 Å². The molecule has 2 nitrogen and oxygen atoms in total. The molecule has 0 saturated heterocycles. The summed E-state index contributed by atoms with van der Waals surface area (Å²) in [6.45, 7) is 4.92. The van der Waals surface area contributed by atoms with Crippen LogP contribution in [-0.2, 0) is 0 Å². The molecule has 1 N–H and O–H groups in total. The minimum absolute atomic E-state index is 0.757. The van der Waals surface area contributed by atoms with Gasteiger partial charge in [-0.25, -0.2) is 0 Å². The van der Waals surface area contributed by atoms with Crippen molar-refractivity contribution >= 4 is 23.1 Å².